The Kier molecular flexibility index (Phi) is 5.01. The van der Waals surface area contributed by atoms with Crippen molar-refractivity contribution in [2.24, 2.45) is 0 Å². The van der Waals surface area contributed by atoms with Crippen molar-refractivity contribution in [3.8, 4) is 0 Å². The van der Waals surface area contributed by atoms with Gasteiger partial charge in [0.2, 0.25) is 0 Å². The largest absolute Gasteiger partial charge is 0.390 e. The Hall–Kier alpha value is -0.160. The highest BCUT2D eigenvalue weighted by Crippen LogP contribution is 2.22. The molecule has 1 heterocycles. The lowest BCUT2D eigenvalue weighted by molar-refractivity contribution is -0.141. The van der Waals surface area contributed by atoms with Gasteiger partial charge in [0, 0.05) is 13.1 Å². The van der Waals surface area contributed by atoms with Gasteiger partial charge in [0.15, 0.2) is 0 Å². The topological polar surface area (TPSA) is 50.7 Å². The third-order valence-corrected chi connectivity index (χ3v) is 3.82. The molecule has 4 heteroatoms. The monoisotopic (exact) mass is 257 g/mol. The van der Waals surface area contributed by atoms with Crippen LogP contribution in [0.25, 0.3) is 0 Å². The molecule has 0 aromatic heterocycles. The lowest BCUT2D eigenvalue weighted by atomic mass is 10.1. The van der Waals surface area contributed by atoms with E-state index < -0.39 is 0 Å². The summed E-state index contributed by atoms with van der Waals surface area (Å²) in [5.41, 5.74) is -0.117. The summed E-state index contributed by atoms with van der Waals surface area (Å²) in [5, 5.41) is 13.4. The molecule has 0 spiro atoms. The van der Waals surface area contributed by atoms with Crippen molar-refractivity contribution in [1.82, 2.24) is 5.32 Å². The lowest BCUT2D eigenvalue weighted by Gasteiger charge is -2.37. The molecule has 106 valence electrons. The average molecular weight is 257 g/mol. The smallest absolute Gasteiger partial charge is 0.0940 e. The van der Waals surface area contributed by atoms with Gasteiger partial charge in [0.05, 0.1) is 30.5 Å². The molecular formula is C14H27NO3. The van der Waals surface area contributed by atoms with Gasteiger partial charge in [-0.05, 0) is 26.7 Å². The molecule has 1 saturated carbocycles. The molecule has 1 aliphatic carbocycles. The van der Waals surface area contributed by atoms with Crippen molar-refractivity contribution in [3.05, 3.63) is 0 Å². The third kappa shape index (κ3) is 4.19. The van der Waals surface area contributed by atoms with Gasteiger partial charge in [-0.25, -0.2) is 0 Å². The second-order valence-corrected chi connectivity index (χ2v) is 6.21. The maximum absolute atomic E-state index is 10.00. The van der Waals surface area contributed by atoms with Gasteiger partial charge in [0.1, 0.15) is 0 Å². The standard InChI is InChI=1S/C14H27NO3/c1-14(2)10-15-8-11(18-14)9-17-13-7-5-3-4-6-12(13)16/h11-13,15-16H,3-10H2,1-2H3. The second-order valence-electron chi connectivity index (χ2n) is 6.21. The Morgan fingerprint density at radius 3 is 2.83 bits per heavy atom. The molecule has 0 bridgehead atoms. The summed E-state index contributed by atoms with van der Waals surface area (Å²) >= 11 is 0. The van der Waals surface area contributed by atoms with E-state index in [4.69, 9.17) is 9.47 Å². The third-order valence-electron chi connectivity index (χ3n) is 3.82. The molecule has 18 heavy (non-hydrogen) atoms. The van der Waals surface area contributed by atoms with Crippen LogP contribution in [0.15, 0.2) is 0 Å². The van der Waals surface area contributed by atoms with E-state index in [0.717, 1.165) is 38.8 Å². The van der Waals surface area contributed by atoms with Crippen LogP contribution in [0.4, 0.5) is 0 Å². The number of morpholine rings is 1. The second kappa shape index (κ2) is 6.33. The van der Waals surface area contributed by atoms with Gasteiger partial charge >= 0.3 is 0 Å². The van der Waals surface area contributed by atoms with E-state index in [-0.39, 0.29) is 23.9 Å². The molecular weight excluding hydrogens is 230 g/mol. The zero-order chi connectivity index (χ0) is 13.0. The molecule has 2 fully saturated rings. The Bertz CT molecular complexity index is 257. The Morgan fingerprint density at radius 2 is 2.06 bits per heavy atom. The SMILES string of the molecule is CC1(C)CNCC(COC2CCCCCC2O)O1. The molecule has 0 aromatic rings. The molecule has 2 N–H and O–H groups in total. The summed E-state index contributed by atoms with van der Waals surface area (Å²) < 4.78 is 11.9. The summed E-state index contributed by atoms with van der Waals surface area (Å²) in [6.45, 7) is 6.49. The van der Waals surface area contributed by atoms with Gasteiger partial charge in [0.25, 0.3) is 0 Å². The van der Waals surface area contributed by atoms with Gasteiger partial charge in [-0.1, -0.05) is 19.3 Å². The predicted octanol–water partition coefficient (Wildman–Crippen LogP) is 1.46. The summed E-state index contributed by atoms with van der Waals surface area (Å²) in [7, 11) is 0. The van der Waals surface area contributed by atoms with E-state index in [2.05, 4.69) is 19.2 Å². The molecule has 0 amide bonds. The number of ether oxygens (including phenoxy) is 2. The Labute approximate surface area is 110 Å². The molecule has 3 unspecified atom stereocenters. The van der Waals surface area contributed by atoms with E-state index in [0.29, 0.717) is 6.61 Å². The highest BCUT2D eigenvalue weighted by atomic mass is 16.6. The van der Waals surface area contributed by atoms with Crippen molar-refractivity contribution in [2.45, 2.75) is 69.9 Å². The van der Waals surface area contributed by atoms with Crippen LogP contribution in [0.1, 0.15) is 46.0 Å². The fraction of sp³-hybridized carbons (Fsp3) is 1.00. The van der Waals surface area contributed by atoms with Gasteiger partial charge in [-0.15, -0.1) is 0 Å². The first-order valence-electron chi connectivity index (χ1n) is 7.25. The van der Waals surface area contributed by atoms with E-state index in [1.54, 1.807) is 0 Å². The Balaban J connectivity index is 1.76. The molecule has 1 saturated heterocycles. The molecule has 2 aliphatic rings. The van der Waals surface area contributed by atoms with Crippen LogP contribution >= 0.6 is 0 Å². The minimum atomic E-state index is -0.294. The quantitative estimate of drug-likeness (QED) is 0.752. The summed E-state index contributed by atoms with van der Waals surface area (Å²) in [4.78, 5) is 0. The van der Waals surface area contributed by atoms with Crippen molar-refractivity contribution in [3.63, 3.8) is 0 Å². The molecule has 4 nitrogen and oxygen atoms in total. The van der Waals surface area contributed by atoms with Crippen LogP contribution in [0.5, 0.6) is 0 Å². The number of rotatable bonds is 3. The van der Waals surface area contributed by atoms with Crippen LogP contribution in [0, 0.1) is 0 Å². The van der Waals surface area contributed by atoms with Crippen LogP contribution in [-0.2, 0) is 9.47 Å². The van der Waals surface area contributed by atoms with Gasteiger partial charge in [-0.2, -0.15) is 0 Å². The highest BCUT2D eigenvalue weighted by Gasteiger charge is 2.30. The van der Waals surface area contributed by atoms with Crippen molar-refractivity contribution >= 4 is 0 Å². The lowest BCUT2D eigenvalue weighted by Crippen LogP contribution is -2.52. The normalized spacial score (nSPS) is 37.2. The van der Waals surface area contributed by atoms with E-state index >= 15 is 0 Å². The number of nitrogens with one attached hydrogen (secondary N) is 1. The minimum absolute atomic E-state index is 0.00105. The van der Waals surface area contributed by atoms with Crippen molar-refractivity contribution in [2.75, 3.05) is 19.7 Å². The van der Waals surface area contributed by atoms with E-state index in [9.17, 15) is 5.11 Å². The number of hydrogen-bond donors (Lipinski definition) is 2. The molecule has 0 aromatic carbocycles. The van der Waals surface area contributed by atoms with Crippen LogP contribution in [-0.4, -0.2) is 48.7 Å². The molecule has 1 aliphatic heterocycles. The zero-order valence-electron chi connectivity index (χ0n) is 11.7. The van der Waals surface area contributed by atoms with Crippen LogP contribution in [0.3, 0.4) is 0 Å². The average Bonchev–Trinajstić information content (AvgIpc) is 2.50. The summed E-state index contributed by atoms with van der Waals surface area (Å²) in [6, 6.07) is 0. The Morgan fingerprint density at radius 1 is 1.28 bits per heavy atom. The minimum Gasteiger partial charge on any atom is -0.390 e. The number of hydrogen-bond acceptors (Lipinski definition) is 4. The van der Waals surface area contributed by atoms with Gasteiger partial charge < -0.3 is 19.9 Å². The zero-order valence-corrected chi connectivity index (χ0v) is 11.7. The predicted molar refractivity (Wildman–Crippen MR) is 70.7 cm³/mol. The fourth-order valence-corrected chi connectivity index (χ4v) is 2.84. The maximum atomic E-state index is 10.00. The summed E-state index contributed by atoms with van der Waals surface area (Å²) in [6.07, 6.45) is 5.16. The van der Waals surface area contributed by atoms with Gasteiger partial charge in [-0.3, -0.25) is 0 Å². The maximum Gasteiger partial charge on any atom is 0.0940 e. The van der Waals surface area contributed by atoms with Crippen molar-refractivity contribution in [1.29, 1.82) is 0 Å². The number of aliphatic hydroxyl groups is 1. The van der Waals surface area contributed by atoms with E-state index in [1.807, 2.05) is 0 Å². The highest BCUT2D eigenvalue weighted by molar-refractivity contribution is 4.82. The van der Waals surface area contributed by atoms with Crippen LogP contribution in [0.2, 0.25) is 0 Å². The molecule has 2 rings (SSSR count). The molecule has 0 radical (unpaired) electrons. The van der Waals surface area contributed by atoms with Crippen LogP contribution < -0.4 is 5.32 Å². The van der Waals surface area contributed by atoms with E-state index in [1.165, 1.54) is 6.42 Å². The summed E-state index contributed by atoms with van der Waals surface area (Å²) in [5.74, 6) is 0. The van der Waals surface area contributed by atoms with Crippen molar-refractivity contribution < 1.29 is 14.6 Å². The first kappa shape index (κ1) is 14.3. The number of aliphatic hydroxyl groups excluding tert-OH is 1. The fourth-order valence-electron chi connectivity index (χ4n) is 2.84. The molecule has 3 atom stereocenters. The first-order valence-corrected chi connectivity index (χ1v) is 7.25. The first-order chi connectivity index (χ1) is 8.57.